The van der Waals surface area contributed by atoms with E-state index in [9.17, 15) is 0 Å². The maximum absolute atomic E-state index is 4.35. The van der Waals surface area contributed by atoms with Crippen molar-refractivity contribution in [3.8, 4) is 0 Å². The highest BCUT2D eigenvalue weighted by atomic mass is 15.4. The van der Waals surface area contributed by atoms with Crippen LogP contribution in [0.4, 0.5) is 5.95 Å². The third-order valence-corrected chi connectivity index (χ3v) is 1.78. The van der Waals surface area contributed by atoms with Crippen molar-refractivity contribution in [1.29, 1.82) is 0 Å². The lowest BCUT2D eigenvalue weighted by atomic mass is 10.6. The van der Waals surface area contributed by atoms with E-state index >= 15 is 0 Å². The van der Waals surface area contributed by atoms with Crippen LogP contribution in [0.2, 0.25) is 0 Å². The topological polar surface area (TPSA) is 54.5 Å². The van der Waals surface area contributed by atoms with Gasteiger partial charge in [-0.1, -0.05) is 0 Å². The van der Waals surface area contributed by atoms with Gasteiger partial charge in [0.1, 0.15) is 11.8 Å². The van der Waals surface area contributed by atoms with Crippen LogP contribution in [0.3, 0.4) is 0 Å². The number of aromatic amines is 1. The number of imidazole rings is 1. The van der Waals surface area contributed by atoms with Crippen LogP contribution in [-0.2, 0) is 0 Å². The van der Waals surface area contributed by atoms with E-state index in [1.54, 1.807) is 6.20 Å². The van der Waals surface area contributed by atoms with E-state index in [2.05, 4.69) is 19.9 Å². The molecule has 0 saturated heterocycles. The summed E-state index contributed by atoms with van der Waals surface area (Å²) < 4.78 is 0.649. The van der Waals surface area contributed by atoms with Gasteiger partial charge in [0, 0.05) is 0 Å². The average molecular weight is 178 g/mol. The van der Waals surface area contributed by atoms with Gasteiger partial charge in [-0.2, -0.15) is 4.98 Å². The number of H-pyrrole nitrogens is 1. The van der Waals surface area contributed by atoms with Crippen LogP contribution in [0, 0.1) is 0 Å². The zero-order chi connectivity index (χ0) is 9.47. The number of quaternary nitrogens is 1. The molecule has 0 atom stereocenters. The van der Waals surface area contributed by atoms with Crippen LogP contribution in [0.25, 0.3) is 11.2 Å². The molecule has 13 heavy (non-hydrogen) atoms. The predicted molar refractivity (Wildman–Crippen MR) is 51.2 cm³/mol. The Bertz CT molecular complexity index is 392. The number of aromatic nitrogens is 4. The molecule has 0 unspecified atom stereocenters. The van der Waals surface area contributed by atoms with Gasteiger partial charge in [0.05, 0.1) is 27.3 Å². The van der Waals surface area contributed by atoms with Crippen LogP contribution < -0.4 is 4.48 Å². The Morgan fingerprint density at radius 1 is 1.31 bits per heavy atom. The first-order valence-corrected chi connectivity index (χ1v) is 4.05. The third-order valence-electron chi connectivity index (χ3n) is 1.78. The van der Waals surface area contributed by atoms with Crippen molar-refractivity contribution in [3.63, 3.8) is 0 Å². The second-order valence-corrected chi connectivity index (χ2v) is 3.83. The SMILES string of the molecule is C[N+](C)(C)c1nc2ncncc2[nH]1. The highest BCUT2D eigenvalue weighted by molar-refractivity contribution is 5.71. The summed E-state index contributed by atoms with van der Waals surface area (Å²) >= 11 is 0. The van der Waals surface area contributed by atoms with Crippen LogP contribution in [-0.4, -0.2) is 41.1 Å². The molecule has 0 spiro atoms. The zero-order valence-electron chi connectivity index (χ0n) is 7.94. The molecular formula is C8H12N5+. The molecule has 0 amide bonds. The van der Waals surface area contributed by atoms with Crippen LogP contribution >= 0.6 is 0 Å². The maximum atomic E-state index is 4.35. The Kier molecular flexibility index (Phi) is 1.56. The number of rotatable bonds is 1. The normalized spacial score (nSPS) is 12.2. The first kappa shape index (κ1) is 8.12. The summed E-state index contributed by atoms with van der Waals surface area (Å²) in [6.07, 6.45) is 3.23. The molecule has 5 nitrogen and oxygen atoms in total. The van der Waals surface area contributed by atoms with Crippen molar-refractivity contribution < 1.29 is 0 Å². The van der Waals surface area contributed by atoms with Crippen molar-refractivity contribution in [2.75, 3.05) is 21.1 Å². The minimum atomic E-state index is 0.649. The molecule has 0 aliphatic carbocycles. The number of hydrogen-bond donors (Lipinski definition) is 1. The van der Waals surface area contributed by atoms with Gasteiger partial charge >= 0.3 is 5.95 Å². The molecule has 68 valence electrons. The van der Waals surface area contributed by atoms with Gasteiger partial charge in [0.2, 0.25) is 0 Å². The summed E-state index contributed by atoms with van der Waals surface area (Å²) in [5.74, 6) is 0.885. The molecule has 5 heteroatoms. The van der Waals surface area contributed by atoms with E-state index in [1.165, 1.54) is 6.33 Å². The van der Waals surface area contributed by atoms with Gasteiger partial charge in [0.25, 0.3) is 0 Å². The molecule has 0 aliphatic rings. The van der Waals surface area contributed by atoms with Crippen molar-refractivity contribution in [3.05, 3.63) is 12.5 Å². The van der Waals surface area contributed by atoms with Crippen LogP contribution in [0.5, 0.6) is 0 Å². The Hall–Kier alpha value is -1.49. The van der Waals surface area contributed by atoms with E-state index in [0.717, 1.165) is 17.1 Å². The van der Waals surface area contributed by atoms with Gasteiger partial charge in [0.15, 0.2) is 5.65 Å². The minimum absolute atomic E-state index is 0.649. The van der Waals surface area contributed by atoms with E-state index in [1.807, 2.05) is 21.1 Å². The summed E-state index contributed by atoms with van der Waals surface area (Å²) in [7, 11) is 6.14. The Balaban J connectivity index is 2.63. The summed E-state index contributed by atoms with van der Waals surface area (Å²) in [6, 6.07) is 0. The van der Waals surface area contributed by atoms with Gasteiger partial charge in [-0.3, -0.25) is 9.47 Å². The van der Waals surface area contributed by atoms with Crippen LogP contribution in [0.15, 0.2) is 12.5 Å². The smallest absolute Gasteiger partial charge is 0.289 e. The molecular weight excluding hydrogens is 166 g/mol. The summed E-state index contributed by atoms with van der Waals surface area (Å²) in [5.41, 5.74) is 1.60. The molecule has 0 saturated carbocycles. The van der Waals surface area contributed by atoms with Crippen molar-refractivity contribution in [1.82, 2.24) is 24.4 Å². The fourth-order valence-corrected chi connectivity index (χ4v) is 1.07. The fraction of sp³-hybridized carbons (Fsp3) is 0.375. The lowest BCUT2D eigenvalue weighted by Gasteiger charge is -2.18. The third kappa shape index (κ3) is 1.38. The highest BCUT2D eigenvalue weighted by Gasteiger charge is 2.17. The molecule has 2 aromatic heterocycles. The van der Waals surface area contributed by atoms with Crippen LogP contribution in [0.1, 0.15) is 0 Å². The first-order valence-electron chi connectivity index (χ1n) is 4.05. The Labute approximate surface area is 76.0 Å². The van der Waals surface area contributed by atoms with Gasteiger partial charge in [-0.25, -0.2) is 9.97 Å². The molecule has 2 aromatic rings. The number of fused-ring (bicyclic) bond motifs is 1. The van der Waals surface area contributed by atoms with E-state index in [0.29, 0.717) is 4.48 Å². The van der Waals surface area contributed by atoms with Crippen molar-refractivity contribution >= 4 is 17.1 Å². The van der Waals surface area contributed by atoms with E-state index < -0.39 is 0 Å². The second-order valence-electron chi connectivity index (χ2n) is 3.83. The van der Waals surface area contributed by atoms with Gasteiger partial charge < -0.3 is 0 Å². The molecule has 0 aliphatic heterocycles. The second kappa shape index (κ2) is 2.50. The van der Waals surface area contributed by atoms with E-state index in [-0.39, 0.29) is 0 Å². The monoisotopic (exact) mass is 178 g/mol. The standard InChI is InChI=1S/C8H12N5/c1-13(2,3)8-11-6-4-9-5-10-7(6)12-8/h4-5H,1-3H3,(H,9,10,11,12)/q+1. The van der Waals surface area contributed by atoms with E-state index in [4.69, 9.17) is 0 Å². The maximum Gasteiger partial charge on any atom is 0.308 e. The average Bonchev–Trinajstić information content (AvgIpc) is 2.45. The number of nitrogens with zero attached hydrogens (tertiary/aromatic N) is 4. The molecule has 0 radical (unpaired) electrons. The Morgan fingerprint density at radius 2 is 2.08 bits per heavy atom. The number of nitrogens with one attached hydrogen (secondary N) is 1. The summed E-state index contributed by atoms with van der Waals surface area (Å²) in [4.78, 5) is 15.5. The molecule has 1 N–H and O–H groups in total. The summed E-state index contributed by atoms with van der Waals surface area (Å²) in [5, 5.41) is 0. The largest absolute Gasteiger partial charge is 0.308 e. The lowest BCUT2D eigenvalue weighted by molar-refractivity contribution is 0.464. The summed E-state index contributed by atoms with van der Waals surface area (Å²) in [6.45, 7) is 0. The zero-order valence-corrected chi connectivity index (χ0v) is 7.94. The minimum Gasteiger partial charge on any atom is -0.289 e. The molecule has 2 heterocycles. The first-order chi connectivity index (χ1) is 6.07. The van der Waals surface area contributed by atoms with Crippen molar-refractivity contribution in [2.45, 2.75) is 0 Å². The van der Waals surface area contributed by atoms with Gasteiger partial charge in [-0.15, -0.1) is 0 Å². The lowest BCUT2D eigenvalue weighted by Crippen LogP contribution is -2.35. The highest BCUT2D eigenvalue weighted by Crippen LogP contribution is 2.15. The molecule has 2 rings (SSSR count). The fourth-order valence-electron chi connectivity index (χ4n) is 1.07. The molecule has 0 aromatic carbocycles. The van der Waals surface area contributed by atoms with Crippen molar-refractivity contribution in [2.24, 2.45) is 0 Å². The predicted octanol–water partition coefficient (Wildman–Crippen LogP) is 0.550. The number of hydrogen-bond acceptors (Lipinski definition) is 3. The molecule has 0 fully saturated rings. The molecule has 0 bridgehead atoms. The Morgan fingerprint density at radius 3 is 2.69 bits per heavy atom. The quantitative estimate of drug-likeness (QED) is 0.649. The van der Waals surface area contributed by atoms with Gasteiger partial charge in [-0.05, 0) is 0 Å².